The lowest BCUT2D eigenvalue weighted by Crippen LogP contribution is -2.42. The number of aliphatic hydroxyl groups is 1. The van der Waals surface area contributed by atoms with Crippen LogP contribution in [0.15, 0.2) is 54.9 Å². The van der Waals surface area contributed by atoms with Crippen molar-refractivity contribution in [1.82, 2.24) is 14.9 Å². The van der Waals surface area contributed by atoms with Crippen LogP contribution in [0.1, 0.15) is 23.2 Å². The second-order valence-electron chi connectivity index (χ2n) is 7.11. The lowest BCUT2D eigenvalue weighted by molar-refractivity contribution is 0.0474. The first-order valence-electron chi connectivity index (χ1n) is 9.47. The SMILES string of the molecule is Nc1cnc(-c2ccc(-c3ccccc3C(=O)N3CCC[C@@H](O)C3)cc2F)cn1. The average molecular weight is 392 g/mol. The van der Waals surface area contributed by atoms with E-state index in [9.17, 15) is 14.3 Å². The minimum absolute atomic E-state index is 0.159. The second-order valence-corrected chi connectivity index (χ2v) is 7.11. The van der Waals surface area contributed by atoms with E-state index in [1.165, 1.54) is 18.5 Å². The summed E-state index contributed by atoms with van der Waals surface area (Å²) in [5.74, 6) is -0.355. The van der Waals surface area contributed by atoms with Crippen molar-refractivity contribution < 1.29 is 14.3 Å². The molecule has 3 N–H and O–H groups in total. The van der Waals surface area contributed by atoms with Gasteiger partial charge in [0, 0.05) is 24.2 Å². The summed E-state index contributed by atoms with van der Waals surface area (Å²) in [6, 6.07) is 11.9. The van der Waals surface area contributed by atoms with Crippen molar-refractivity contribution in [2.75, 3.05) is 18.8 Å². The minimum Gasteiger partial charge on any atom is -0.391 e. The third-order valence-corrected chi connectivity index (χ3v) is 5.07. The van der Waals surface area contributed by atoms with Crippen molar-refractivity contribution in [2.24, 2.45) is 0 Å². The Morgan fingerprint density at radius 3 is 2.69 bits per heavy atom. The van der Waals surface area contributed by atoms with E-state index < -0.39 is 11.9 Å². The number of rotatable bonds is 3. The number of likely N-dealkylation sites (tertiary alicyclic amines) is 1. The van der Waals surface area contributed by atoms with E-state index in [2.05, 4.69) is 9.97 Å². The van der Waals surface area contributed by atoms with Crippen LogP contribution < -0.4 is 5.73 Å². The fourth-order valence-corrected chi connectivity index (χ4v) is 3.60. The highest BCUT2D eigenvalue weighted by Gasteiger charge is 2.25. The number of nitrogens with zero attached hydrogens (tertiary/aromatic N) is 3. The van der Waals surface area contributed by atoms with E-state index in [-0.39, 0.29) is 11.7 Å². The number of carbonyl (C=O) groups is 1. The topological polar surface area (TPSA) is 92.3 Å². The molecule has 1 aliphatic rings. The molecule has 2 aromatic carbocycles. The van der Waals surface area contributed by atoms with Crippen LogP contribution in [0.3, 0.4) is 0 Å². The van der Waals surface area contributed by atoms with Gasteiger partial charge in [0.2, 0.25) is 0 Å². The number of aliphatic hydroxyl groups excluding tert-OH is 1. The standard InChI is InChI=1S/C22H21FN4O2/c23-19-10-14(7-8-18(19)20-11-26-21(24)12-25-20)16-5-1-2-6-17(16)22(29)27-9-3-4-15(28)13-27/h1-2,5-8,10-12,15,28H,3-4,9,13H2,(H2,24,26)/t15-/m1/s1. The molecule has 4 rings (SSSR count). The number of nitrogen functional groups attached to an aromatic ring is 1. The van der Waals surface area contributed by atoms with Gasteiger partial charge in [0.15, 0.2) is 0 Å². The van der Waals surface area contributed by atoms with Gasteiger partial charge in [-0.1, -0.05) is 24.3 Å². The van der Waals surface area contributed by atoms with E-state index >= 15 is 0 Å². The number of β-amino-alcohol motifs (C(OH)–C–C–N with tert-alkyl or cyclic N) is 1. The summed E-state index contributed by atoms with van der Waals surface area (Å²) < 4.78 is 14.8. The number of piperidine rings is 1. The molecule has 1 aromatic heterocycles. The molecule has 1 fully saturated rings. The highest BCUT2D eigenvalue weighted by atomic mass is 19.1. The Kier molecular flexibility index (Phi) is 5.22. The first-order chi connectivity index (χ1) is 14.0. The Bertz CT molecular complexity index is 1040. The average Bonchev–Trinajstić information content (AvgIpc) is 2.74. The zero-order valence-corrected chi connectivity index (χ0v) is 15.8. The van der Waals surface area contributed by atoms with Crippen molar-refractivity contribution in [3.05, 3.63) is 66.2 Å². The van der Waals surface area contributed by atoms with Gasteiger partial charge in [-0.25, -0.2) is 9.37 Å². The number of carbonyl (C=O) groups excluding carboxylic acids is 1. The fraction of sp³-hybridized carbons (Fsp3) is 0.227. The molecule has 3 aromatic rings. The number of hydrogen-bond acceptors (Lipinski definition) is 5. The van der Waals surface area contributed by atoms with Crippen LogP contribution in [0.2, 0.25) is 0 Å². The first kappa shape index (κ1) is 19.0. The van der Waals surface area contributed by atoms with Crippen molar-refractivity contribution in [1.29, 1.82) is 0 Å². The predicted molar refractivity (Wildman–Crippen MR) is 108 cm³/mol. The van der Waals surface area contributed by atoms with Crippen LogP contribution in [0.25, 0.3) is 22.4 Å². The molecule has 0 bridgehead atoms. The summed E-state index contributed by atoms with van der Waals surface area (Å²) >= 11 is 0. The first-order valence-corrected chi connectivity index (χ1v) is 9.47. The third kappa shape index (κ3) is 3.95. The lowest BCUT2D eigenvalue weighted by atomic mass is 9.96. The quantitative estimate of drug-likeness (QED) is 0.714. The Morgan fingerprint density at radius 1 is 1.14 bits per heavy atom. The molecule has 6 nitrogen and oxygen atoms in total. The van der Waals surface area contributed by atoms with Gasteiger partial charge in [-0.2, -0.15) is 0 Å². The summed E-state index contributed by atoms with van der Waals surface area (Å²) in [6.45, 7) is 0.920. The maximum Gasteiger partial charge on any atom is 0.254 e. The second kappa shape index (κ2) is 7.97. The van der Waals surface area contributed by atoms with E-state index in [1.54, 1.807) is 35.2 Å². The van der Waals surface area contributed by atoms with Crippen molar-refractivity contribution in [2.45, 2.75) is 18.9 Å². The van der Waals surface area contributed by atoms with Gasteiger partial charge in [-0.15, -0.1) is 0 Å². The fourth-order valence-electron chi connectivity index (χ4n) is 3.60. The molecule has 0 unspecified atom stereocenters. The van der Waals surface area contributed by atoms with Crippen LogP contribution in [0.5, 0.6) is 0 Å². The van der Waals surface area contributed by atoms with Gasteiger partial charge in [0.1, 0.15) is 11.6 Å². The Labute approximate surface area is 167 Å². The van der Waals surface area contributed by atoms with Crippen LogP contribution in [0.4, 0.5) is 10.2 Å². The molecule has 29 heavy (non-hydrogen) atoms. The molecule has 0 aliphatic carbocycles. The molecule has 2 heterocycles. The van der Waals surface area contributed by atoms with Gasteiger partial charge >= 0.3 is 0 Å². The van der Waals surface area contributed by atoms with E-state index in [0.29, 0.717) is 47.5 Å². The molecule has 1 aliphatic heterocycles. The maximum atomic E-state index is 14.8. The Morgan fingerprint density at radius 2 is 1.97 bits per heavy atom. The van der Waals surface area contributed by atoms with Gasteiger partial charge in [0.25, 0.3) is 5.91 Å². The highest BCUT2D eigenvalue weighted by molar-refractivity contribution is 6.01. The highest BCUT2D eigenvalue weighted by Crippen LogP contribution is 2.30. The number of benzene rings is 2. The van der Waals surface area contributed by atoms with E-state index in [0.717, 1.165) is 6.42 Å². The van der Waals surface area contributed by atoms with Crippen LogP contribution in [0, 0.1) is 5.82 Å². The molecule has 148 valence electrons. The molecule has 0 saturated carbocycles. The Hall–Kier alpha value is -3.32. The summed E-state index contributed by atoms with van der Waals surface area (Å²) in [6.07, 6.45) is 3.77. The van der Waals surface area contributed by atoms with Gasteiger partial charge in [0.05, 0.1) is 24.2 Å². The van der Waals surface area contributed by atoms with E-state index in [4.69, 9.17) is 5.73 Å². The number of aromatic nitrogens is 2. The predicted octanol–water partition coefficient (Wildman–Crippen LogP) is 3.13. The molecule has 1 atom stereocenters. The maximum absolute atomic E-state index is 14.8. The summed E-state index contributed by atoms with van der Waals surface area (Å²) in [5, 5.41) is 9.89. The van der Waals surface area contributed by atoms with Crippen LogP contribution >= 0.6 is 0 Å². The molecular formula is C22H21FN4O2. The minimum atomic E-state index is -0.502. The van der Waals surface area contributed by atoms with Crippen molar-refractivity contribution in [3.63, 3.8) is 0 Å². The third-order valence-electron chi connectivity index (χ3n) is 5.07. The lowest BCUT2D eigenvalue weighted by Gasteiger charge is -2.30. The number of nitrogens with two attached hydrogens (primary N) is 1. The van der Waals surface area contributed by atoms with Gasteiger partial charge < -0.3 is 15.7 Å². The molecule has 1 saturated heterocycles. The summed E-state index contributed by atoms with van der Waals surface area (Å²) in [5.41, 5.74) is 7.96. The van der Waals surface area contributed by atoms with Crippen molar-refractivity contribution >= 4 is 11.7 Å². The molecule has 1 amide bonds. The Balaban J connectivity index is 1.68. The zero-order chi connectivity index (χ0) is 20.4. The van der Waals surface area contributed by atoms with Crippen LogP contribution in [-0.4, -0.2) is 45.1 Å². The van der Waals surface area contributed by atoms with Gasteiger partial charge in [-0.3, -0.25) is 9.78 Å². The van der Waals surface area contributed by atoms with Crippen LogP contribution in [-0.2, 0) is 0 Å². The largest absolute Gasteiger partial charge is 0.391 e. The number of anilines is 1. The normalized spacial score (nSPS) is 16.6. The zero-order valence-electron chi connectivity index (χ0n) is 15.8. The number of hydrogen-bond donors (Lipinski definition) is 2. The monoisotopic (exact) mass is 392 g/mol. The number of halogens is 1. The molecule has 0 radical (unpaired) electrons. The van der Waals surface area contributed by atoms with Crippen molar-refractivity contribution in [3.8, 4) is 22.4 Å². The summed E-state index contributed by atoms with van der Waals surface area (Å²) in [7, 11) is 0. The molecule has 7 heteroatoms. The molecule has 0 spiro atoms. The molecular weight excluding hydrogens is 371 g/mol. The van der Waals surface area contributed by atoms with Gasteiger partial charge in [-0.05, 0) is 42.2 Å². The summed E-state index contributed by atoms with van der Waals surface area (Å²) in [4.78, 5) is 22.8. The number of amides is 1. The van der Waals surface area contributed by atoms with E-state index in [1.807, 2.05) is 6.07 Å². The smallest absolute Gasteiger partial charge is 0.254 e.